The summed E-state index contributed by atoms with van der Waals surface area (Å²) < 4.78 is 18.3. The van der Waals surface area contributed by atoms with Gasteiger partial charge in [-0.2, -0.15) is 0 Å². The maximum absolute atomic E-state index is 13.7. The second-order valence-electron chi connectivity index (χ2n) is 10.6. The smallest absolute Gasteiger partial charge is 0.227 e. The number of benzene rings is 2. The van der Waals surface area contributed by atoms with E-state index in [2.05, 4.69) is 15.6 Å². The molecule has 0 fully saturated rings. The molecule has 10 nitrogen and oxygen atoms in total. The van der Waals surface area contributed by atoms with Gasteiger partial charge in [-0.15, -0.1) is 5.10 Å². The highest BCUT2D eigenvalue weighted by atomic mass is 16.5. The molecule has 0 atom stereocenters. The minimum atomic E-state index is -0.308. The topological polar surface area (TPSA) is 108 Å². The van der Waals surface area contributed by atoms with Gasteiger partial charge in [-0.3, -0.25) is 9.59 Å². The Morgan fingerprint density at radius 1 is 1.00 bits per heavy atom. The van der Waals surface area contributed by atoms with E-state index in [0.717, 1.165) is 28.1 Å². The van der Waals surface area contributed by atoms with Gasteiger partial charge in [-0.05, 0) is 38.8 Å². The molecule has 0 aliphatic carbocycles. The number of carbonyl (C=O) groups excluding carboxylic acids is 2. The van der Waals surface area contributed by atoms with Crippen molar-refractivity contribution in [3.05, 3.63) is 54.1 Å². The molecule has 1 aliphatic rings. The summed E-state index contributed by atoms with van der Waals surface area (Å²) in [5.74, 6) is -0.274. The van der Waals surface area contributed by atoms with Crippen LogP contribution in [-0.2, 0) is 36.9 Å². The van der Waals surface area contributed by atoms with Crippen molar-refractivity contribution in [3.63, 3.8) is 0 Å². The lowest BCUT2D eigenvalue weighted by atomic mass is 9.95. The molecule has 0 saturated carbocycles. The van der Waals surface area contributed by atoms with Crippen LogP contribution in [0.4, 0.5) is 5.69 Å². The number of para-hydroxylation sites is 1. The van der Waals surface area contributed by atoms with Crippen molar-refractivity contribution in [2.24, 2.45) is 0 Å². The molecule has 2 amide bonds. The van der Waals surface area contributed by atoms with Gasteiger partial charge < -0.3 is 24.4 Å². The molecule has 1 aromatic heterocycles. The molecule has 0 spiro atoms. The van der Waals surface area contributed by atoms with Gasteiger partial charge >= 0.3 is 0 Å². The van der Waals surface area contributed by atoms with Crippen LogP contribution >= 0.6 is 0 Å². The number of hydrogen-bond donors (Lipinski definition) is 1. The molecule has 0 bridgehead atoms. The van der Waals surface area contributed by atoms with E-state index in [1.807, 2.05) is 74.0 Å². The molecule has 4 rings (SSSR count). The Morgan fingerprint density at radius 2 is 1.76 bits per heavy atom. The molecular weight excluding hydrogens is 522 g/mol. The van der Waals surface area contributed by atoms with Crippen LogP contribution in [-0.4, -0.2) is 72.5 Å². The van der Waals surface area contributed by atoms with Crippen molar-refractivity contribution in [1.82, 2.24) is 20.3 Å². The van der Waals surface area contributed by atoms with Gasteiger partial charge in [0.2, 0.25) is 11.8 Å². The molecule has 41 heavy (non-hydrogen) atoms. The minimum absolute atomic E-state index is 0.0928. The van der Waals surface area contributed by atoms with Crippen LogP contribution in [0.5, 0.6) is 0 Å². The Balaban J connectivity index is 1.54. The highest BCUT2D eigenvalue weighted by molar-refractivity contribution is 6.01. The molecule has 10 heteroatoms. The first-order valence-corrected chi connectivity index (χ1v) is 14.2. The summed E-state index contributed by atoms with van der Waals surface area (Å²) in [5.41, 5.74) is 4.79. The molecule has 220 valence electrons. The summed E-state index contributed by atoms with van der Waals surface area (Å²) >= 11 is 0. The zero-order chi connectivity index (χ0) is 29.2. The van der Waals surface area contributed by atoms with E-state index in [4.69, 9.17) is 14.2 Å². The molecule has 1 aliphatic heterocycles. The van der Waals surface area contributed by atoms with Crippen LogP contribution in [0.15, 0.2) is 48.5 Å². The lowest BCUT2D eigenvalue weighted by molar-refractivity contribution is -0.125. The van der Waals surface area contributed by atoms with Gasteiger partial charge in [0.1, 0.15) is 5.69 Å². The number of ether oxygens (including phenoxy) is 3. The summed E-state index contributed by atoms with van der Waals surface area (Å²) in [5, 5.41) is 12.0. The third-order valence-electron chi connectivity index (χ3n) is 7.12. The maximum Gasteiger partial charge on any atom is 0.227 e. The highest BCUT2D eigenvalue weighted by Crippen LogP contribution is 2.41. The Kier molecular flexibility index (Phi) is 10.6. The standard InChI is InChI=1S/C31H41N5O5/c1-5-41-31(2,3)16-17-32-27(37)14-15-28(38)35-22-23-10-6-7-11-24(23)30-29(25-12-8-9-13-26(25)35)33-34-36(30)18-19-40-21-20-39-4/h6-13H,5,14-22H2,1-4H3,(H,32,37). The van der Waals surface area contributed by atoms with Crippen LogP contribution in [0.2, 0.25) is 0 Å². The van der Waals surface area contributed by atoms with Crippen LogP contribution < -0.4 is 10.2 Å². The van der Waals surface area contributed by atoms with Crippen molar-refractivity contribution in [3.8, 4) is 22.5 Å². The second kappa shape index (κ2) is 14.3. The Labute approximate surface area is 242 Å². The van der Waals surface area contributed by atoms with Gasteiger partial charge in [0, 0.05) is 44.2 Å². The summed E-state index contributed by atoms with van der Waals surface area (Å²) in [6.07, 6.45) is 0.896. The normalized spacial score (nSPS) is 12.6. The Morgan fingerprint density at radius 3 is 2.54 bits per heavy atom. The predicted octanol–water partition coefficient (Wildman–Crippen LogP) is 4.22. The fraction of sp³-hybridized carbons (Fsp3) is 0.484. The zero-order valence-electron chi connectivity index (χ0n) is 24.5. The average molecular weight is 564 g/mol. The summed E-state index contributed by atoms with van der Waals surface area (Å²) in [7, 11) is 1.65. The van der Waals surface area contributed by atoms with Crippen molar-refractivity contribution < 1.29 is 23.8 Å². The van der Waals surface area contributed by atoms with Crippen molar-refractivity contribution in [1.29, 1.82) is 0 Å². The van der Waals surface area contributed by atoms with Crippen LogP contribution in [0, 0.1) is 0 Å². The largest absolute Gasteiger partial charge is 0.382 e. The third-order valence-corrected chi connectivity index (χ3v) is 7.12. The van der Waals surface area contributed by atoms with E-state index in [-0.39, 0.29) is 30.3 Å². The van der Waals surface area contributed by atoms with Gasteiger partial charge in [-0.1, -0.05) is 47.7 Å². The highest BCUT2D eigenvalue weighted by Gasteiger charge is 2.29. The number of rotatable bonds is 14. The fourth-order valence-electron chi connectivity index (χ4n) is 5.00. The predicted molar refractivity (Wildman–Crippen MR) is 157 cm³/mol. The molecule has 2 heterocycles. The van der Waals surface area contributed by atoms with Crippen molar-refractivity contribution in [2.75, 3.05) is 45.0 Å². The number of hydrogen-bond acceptors (Lipinski definition) is 7. The number of nitrogens with one attached hydrogen (secondary N) is 1. The fourth-order valence-corrected chi connectivity index (χ4v) is 5.00. The van der Waals surface area contributed by atoms with Crippen LogP contribution in [0.25, 0.3) is 22.5 Å². The number of carbonyl (C=O) groups is 2. The second-order valence-corrected chi connectivity index (χ2v) is 10.6. The first-order chi connectivity index (χ1) is 19.8. The lowest BCUT2D eigenvalue weighted by Gasteiger charge is -2.28. The van der Waals surface area contributed by atoms with Gasteiger partial charge in [-0.25, -0.2) is 4.68 Å². The minimum Gasteiger partial charge on any atom is -0.382 e. The van der Waals surface area contributed by atoms with E-state index in [1.165, 1.54) is 0 Å². The maximum atomic E-state index is 13.7. The molecule has 3 aromatic rings. The molecule has 0 unspecified atom stereocenters. The molecule has 1 N–H and O–H groups in total. The van der Waals surface area contributed by atoms with Gasteiger partial charge in [0.05, 0.1) is 49.9 Å². The molecule has 0 saturated heterocycles. The SMILES string of the molecule is CCOC(C)(C)CCNC(=O)CCC(=O)N1Cc2ccccc2-c2c(nnn2CCOCCOC)-c2ccccc21. The lowest BCUT2D eigenvalue weighted by Crippen LogP contribution is -2.35. The van der Waals surface area contributed by atoms with E-state index in [9.17, 15) is 9.59 Å². The van der Waals surface area contributed by atoms with Crippen molar-refractivity contribution >= 4 is 17.5 Å². The Hall–Kier alpha value is -3.60. The molecule has 2 aromatic carbocycles. The number of fused-ring (bicyclic) bond motifs is 5. The van der Waals surface area contributed by atoms with E-state index >= 15 is 0 Å². The first-order valence-electron chi connectivity index (χ1n) is 14.2. The van der Waals surface area contributed by atoms with Crippen LogP contribution in [0.1, 0.15) is 45.6 Å². The molecular formula is C31H41N5O5. The van der Waals surface area contributed by atoms with Gasteiger partial charge in [0.15, 0.2) is 0 Å². The number of methoxy groups -OCH3 is 1. The van der Waals surface area contributed by atoms with Crippen LogP contribution in [0.3, 0.4) is 0 Å². The summed E-state index contributed by atoms with van der Waals surface area (Å²) in [4.78, 5) is 28.0. The molecule has 0 radical (unpaired) electrons. The third kappa shape index (κ3) is 7.78. The number of amides is 2. The first kappa shape index (κ1) is 30.4. The van der Waals surface area contributed by atoms with E-state index in [1.54, 1.807) is 12.0 Å². The quantitative estimate of drug-likeness (QED) is 0.293. The number of anilines is 1. The van der Waals surface area contributed by atoms with E-state index < -0.39 is 0 Å². The summed E-state index contributed by atoms with van der Waals surface area (Å²) in [6, 6.07) is 15.7. The zero-order valence-corrected chi connectivity index (χ0v) is 24.5. The average Bonchev–Trinajstić information content (AvgIpc) is 3.36. The number of aromatic nitrogens is 3. The Bertz CT molecular complexity index is 1320. The number of nitrogens with zero attached hydrogens (tertiary/aromatic N) is 4. The summed E-state index contributed by atoms with van der Waals surface area (Å²) in [6.45, 7) is 9.49. The van der Waals surface area contributed by atoms with E-state index in [0.29, 0.717) is 58.2 Å². The monoisotopic (exact) mass is 563 g/mol. The van der Waals surface area contributed by atoms with Gasteiger partial charge in [0.25, 0.3) is 0 Å². The van der Waals surface area contributed by atoms with Crippen molar-refractivity contribution in [2.45, 2.75) is 58.7 Å².